The van der Waals surface area contributed by atoms with Crippen LogP contribution < -0.4 is 10.2 Å². The molecule has 1 N–H and O–H groups in total. The second kappa shape index (κ2) is 9.70. The molecule has 0 radical (unpaired) electrons. The van der Waals surface area contributed by atoms with Crippen molar-refractivity contribution >= 4 is 40.5 Å². The maximum absolute atomic E-state index is 9.65. The fourth-order valence-corrected chi connectivity index (χ4v) is 4.77. The Morgan fingerprint density at radius 3 is 2.60 bits per heavy atom. The first-order chi connectivity index (χ1) is 16.9. The van der Waals surface area contributed by atoms with E-state index in [-0.39, 0.29) is 6.04 Å². The minimum atomic E-state index is -0.105. The minimum absolute atomic E-state index is 0.105. The molecular weight excluding hydrogens is 483 g/mol. The summed E-state index contributed by atoms with van der Waals surface area (Å²) < 4.78 is 1.82. The van der Waals surface area contributed by atoms with Gasteiger partial charge in [-0.25, -0.2) is 15.0 Å². The molecular formula is C25H24Cl2N8. The molecule has 0 bridgehead atoms. The Kier molecular flexibility index (Phi) is 6.48. The van der Waals surface area contributed by atoms with Gasteiger partial charge in [-0.3, -0.25) is 4.40 Å². The molecule has 3 aromatic heterocycles. The van der Waals surface area contributed by atoms with Crippen LogP contribution in [0, 0.1) is 11.3 Å². The fourth-order valence-electron chi connectivity index (χ4n) is 4.25. The van der Waals surface area contributed by atoms with E-state index in [4.69, 9.17) is 23.2 Å². The van der Waals surface area contributed by atoms with Crippen molar-refractivity contribution in [1.82, 2.24) is 24.3 Å². The molecule has 1 aliphatic heterocycles. The Labute approximate surface area is 213 Å². The second-order valence-electron chi connectivity index (χ2n) is 8.63. The summed E-state index contributed by atoms with van der Waals surface area (Å²) in [5.74, 6) is 0.405. The van der Waals surface area contributed by atoms with E-state index < -0.39 is 0 Å². The molecule has 1 saturated heterocycles. The van der Waals surface area contributed by atoms with Crippen LogP contribution in [0.5, 0.6) is 0 Å². The van der Waals surface area contributed by atoms with Gasteiger partial charge in [0.05, 0.1) is 45.4 Å². The van der Waals surface area contributed by atoms with Gasteiger partial charge >= 0.3 is 0 Å². The molecule has 178 valence electrons. The van der Waals surface area contributed by atoms with E-state index in [1.807, 2.05) is 29.7 Å². The predicted molar refractivity (Wildman–Crippen MR) is 139 cm³/mol. The lowest BCUT2D eigenvalue weighted by atomic mass is 10.1. The van der Waals surface area contributed by atoms with E-state index in [1.165, 1.54) is 6.20 Å². The maximum atomic E-state index is 9.65. The Morgan fingerprint density at radius 2 is 1.86 bits per heavy atom. The third-order valence-corrected chi connectivity index (χ3v) is 6.90. The molecule has 35 heavy (non-hydrogen) atoms. The zero-order valence-corrected chi connectivity index (χ0v) is 20.9. The lowest BCUT2D eigenvalue weighted by Crippen LogP contribution is -2.44. The van der Waals surface area contributed by atoms with Crippen molar-refractivity contribution in [3.8, 4) is 17.5 Å². The van der Waals surface area contributed by atoms with Gasteiger partial charge in [0.15, 0.2) is 5.65 Å². The van der Waals surface area contributed by atoms with Crippen LogP contribution in [0.25, 0.3) is 17.0 Å². The number of anilines is 2. The number of nitrogens with zero attached hydrogens (tertiary/aromatic N) is 7. The van der Waals surface area contributed by atoms with Gasteiger partial charge in [0.25, 0.3) is 0 Å². The number of nitriles is 1. The number of nitrogens with one attached hydrogen (secondary N) is 1. The summed E-state index contributed by atoms with van der Waals surface area (Å²) in [6.45, 7) is 5.98. The van der Waals surface area contributed by atoms with Crippen molar-refractivity contribution in [3.05, 3.63) is 70.1 Å². The molecule has 4 aromatic rings. The molecule has 0 spiro atoms. The molecule has 1 aromatic carbocycles. The zero-order valence-electron chi connectivity index (χ0n) is 19.4. The van der Waals surface area contributed by atoms with Crippen molar-refractivity contribution in [2.45, 2.75) is 13.0 Å². The molecule has 1 atom stereocenters. The smallest absolute Gasteiger partial charge is 0.223 e. The molecule has 10 heteroatoms. The molecule has 8 nitrogen and oxygen atoms in total. The van der Waals surface area contributed by atoms with E-state index in [1.54, 1.807) is 12.3 Å². The topological polar surface area (TPSA) is 85.4 Å². The highest BCUT2D eigenvalue weighted by molar-refractivity contribution is 6.33. The van der Waals surface area contributed by atoms with Crippen LogP contribution in [0.3, 0.4) is 0 Å². The number of hydrogen-bond donors (Lipinski definition) is 1. The Morgan fingerprint density at radius 1 is 1.06 bits per heavy atom. The summed E-state index contributed by atoms with van der Waals surface area (Å²) in [7, 11) is 2.14. The van der Waals surface area contributed by atoms with Gasteiger partial charge < -0.3 is 15.1 Å². The number of pyridine rings is 1. The molecule has 4 heterocycles. The van der Waals surface area contributed by atoms with Crippen molar-refractivity contribution in [1.29, 1.82) is 5.26 Å². The van der Waals surface area contributed by atoms with Crippen LogP contribution in [0.1, 0.15) is 24.1 Å². The highest BCUT2D eigenvalue weighted by Crippen LogP contribution is 2.31. The van der Waals surface area contributed by atoms with E-state index in [0.717, 1.165) is 42.5 Å². The van der Waals surface area contributed by atoms with Gasteiger partial charge in [-0.05, 0) is 43.8 Å². The summed E-state index contributed by atoms with van der Waals surface area (Å²) in [6, 6.07) is 11.8. The number of likely N-dealkylation sites (N-methyl/N-ethyl adjacent to an activating group) is 1. The number of benzene rings is 1. The molecule has 0 saturated carbocycles. The molecule has 1 fully saturated rings. The lowest BCUT2D eigenvalue weighted by Gasteiger charge is -2.34. The maximum Gasteiger partial charge on any atom is 0.223 e. The number of halogens is 2. The zero-order chi connectivity index (χ0) is 24.5. The largest absolute Gasteiger partial charge is 0.368 e. The van der Waals surface area contributed by atoms with Gasteiger partial charge in [-0.2, -0.15) is 5.26 Å². The Bertz CT molecular complexity index is 1420. The van der Waals surface area contributed by atoms with E-state index >= 15 is 0 Å². The molecule has 0 unspecified atom stereocenters. The average molecular weight is 507 g/mol. The number of hydrogen-bond acceptors (Lipinski definition) is 7. The minimum Gasteiger partial charge on any atom is -0.368 e. The summed E-state index contributed by atoms with van der Waals surface area (Å²) in [6.07, 6.45) is 5.02. The van der Waals surface area contributed by atoms with Crippen LogP contribution in [0.15, 0.2) is 48.9 Å². The van der Waals surface area contributed by atoms with Crippen LogP contribution in [0.2, 0.25) is 10.0 Å². The highest BCUT2D eigenvalue weighted by Gasteiger charge is 2.19. The van der Waals surface area contributed by atoms with Crippen molar-refractivity contribution in [3.63, 3.8) is 0 Å². The Hall–Kier alpha value is -3.38. The predicted octanol–water partition coefficient (Wildman–Crippen LogP) is 4.89. The van der Waals surface area contributed by atoms with Crippen LogP contribution in [-0.2, 0) is 0 Å². The van der Waals surface area contributed by atoms with Crippen molar-refractivity contribution in [2.24, 2.45) is 0 Å². The fraction of sp³-hybridized carbons (Fsp3) is 0.280. The van der Waals surface area contributed by atoms with Gasteiger partial charge in [0, 0.05) is 32.4 Å². The number of piperazine rings is 1. The summed E-state index contributed by atoms with van der Waals surface area (Å²) in [5, 5.41) is 14.2. The normalized spacial score (nSPS) is 15.2. The summed E-state index contributed by atoms with van der Waals surface area (Å²) in [5.41, 5.74) is 4.17. The molecule has 0 amide bonds. The number of imidazole rings is 1. The molecule has 1 aliphatic rings. The number of aromatic nitrogens is 4. The van der Waals surface area contributed by atoms with E-state index in [0.29, 0.717) is 33.6 Å². The SMILES string of the molecule is C[C@H](Nc1ncc(C#N)c(-c2cnc3c(Cl)cccn23)n1)c1ccc(N2CCN(C)CC2)c(Cl)c1. The molecule has 0 aliphatic carbocycles. The van der Waals surface area contributed by atoms with Gasteiger partial charge in [-0.1, -0.05) is 29.3 Å². The average Bonchev–Trinajstić information content (AvgIpc) is 3.30. The highest BCUT2D eigenvalue weighted by atomic mass is 35.5. The van der Waals surface area contributed by atoms with Crippen molar-refractivity contribution in [2.75, 3.05) is 43.4 Å². The monoisotopic (exact) mass is 506 g/mol. The van der Waals surface area contributed by atoms with Gasteiger partial charge in [-0.15, -0.1) is 0 Å². The summed E-state index contributed by atoms with van der Waals surface area (Å²) >= 11 is 12.9. The standard InChI is InChI=1S/C25H24Cl2N8/c1-16(17-5-6-21(20(27)12-17)34-10-8-33(2)9-11-34)31-25-30-14-18(13-28)23(32-25)22-15-29-24-19(26)4-3-7-35(22)24/h3-7,12,14-16H,8-11H2,1-2H3,(H,30,31,32)/t16-/m0/s1. The third kappa shape index (κ3) is 4.63. The van der Waals surface area contributed by atoms with Gasteiger partial charge in [0.1, 0.15) is 11.8 Å². The lowest BCUT2D eigenvalue weighted by molar-refractivity contribution is 0.313. The number of rotatable bonds is 5. The van der Waals surface area contributed by atoms with E-state index in [9.17, 15) is 5.26 Å². The first kappa shape index (κ1) is 23.4. The van der Waals surface area contributed by atoms with Crippen molar-refractivity contribution < 1.29 is 0 Å². The Balaban J connectivity index is 1.40. The first-order valence-electron chi connectivity index (χ1n) is 11.3. The third-order valence-electron chi connectivity index (χ3n) is 6.30. The van der Waals surface area contributed by atoms with Gasteiger partial charge in [0.2, 0.25) is 5.95 Å². The van der Waals surface area contributed by atoms with Crippen LogP contribution >= 0.6 is 23.2 Å². The first-order valence-corrected chi connectivity index (χ1v) is 12.1. The van der Waals surface area contributed by atoms with Crippen LogP contribution in [0.4, 0.5) is 11.6 Å². The van der Waals surface area contributed by atoms with Crippen LogP contribution in [-0.4, -0.2) is 57.5 Å². The molecule has 5 rings (SSSR count). The quantitative estimate of drug-likeness (QED) is 0.412. The number of fused-ring (bicyclic) bond motifs is 1. The second-order valence-corrected chi connectivity index (χ2v) is 9.44. The summed E-state index contributed by atoms with van der Waals surface area (Å²) in [4.78, 5) is 18.0. The van der Waals surface area contributed by atoms with E-state index in [2.05, 4.69) is 55.3 Å².